The van der Waals surface area contributed by atoms with E-state index in [0.29, 0.717) is 6.04 Å². The topological polar surface area (TPSA) is 30.5 Å². The first kappa shape index (κ1) is 13.5. The summed E-state index contributed by atoms with van der Waals surface area (Å²) in [6.45, 7) is 5.88. The Hall–Kier alpha value is -0.540. The molecular formula is C13H25NO2. The number of likely N-dealkylation sites (N-methyl/N-ethyl adjacent to an activating group) is 1. The van der Waals surface area contributed by atoms with E-state index >= 15 is 0 Å². The van der Waals surface area contributed by atoms with Crippen LogP contribution in [0.2, 0.25) is 0 Å². The van der Waals surface area contributed by atoms with Crippen LogP contribution >= 0.6 is 0 Å². The Morgan fingerprint density at radius 2 is 2.31 bits per heavy atom. The van der Waals surface area contributed by atoms with Crippen LogP contribution in [0.1, 0.15) is 39.5 Å². The lowest BCUT2D eigenvalue weighted by Crippen LogP contribution is -2.41. The maximum atomic E-state index is 5.83. The fourth-order valence-corrected chi connectivity index (χ4v) is 2.27. The van der Waals surface area contributed by atoms with Gasteiger partial charge in [-0.25, -0.2) is 0 Å². The SMILES string of the molecule is CCCC(OCC)C(NC)C1=COCCC1. The Kier molecular flexibility index (Phi) is 6.50. The summed E-state index contributed by atoms with van der Waals surface area (Å²) in [6, 6.07) is 0.306. The van der Waals surface area contributed by atoms with Gasteiger partial charge in [-0.05, 0) is 38.8 Å². The van der Waals surface area contributed by atoms with Gasteiger partial charge in [0.05, 0.1) is 25.0 Å². The molecule has 0 aromatic carbocycles. The van der Waals surface area contributed by atoms with Gasteiger partial charge < -0.3 is 14.8 Å². The van der Waals surface area contributed by atoms with Crippen LogP contribution in [0.4, 0.5) is 0 Å². The first-order valence-electron chi connectivity index (χ1n) is 6.42. The van der Waals surface area contributed by atoms with Gasteiger partial charge in [-0.15, -0.1) is 0 Å². The Bertz CT molecular complexity index is 210. The fraction of sp³-hybridized carbons (Fsp3) is 0.846. The van der Waals surface area contributed by atoms with E-state index < -0.39 is 0 Å². The van der Waals surface area contributed by atoms with E-state index in [4.69, 9.17) is 9.47 Å². The molecule has 0 aromatic heterocycles. The highest BCUT2D eigenvalue weighted by Gasteiger charge is 2.24. The summed E-state index contributed by atoms with van der Waals surface area (Å²) in [5.74, 6) is 0. The summed E-state index contributed by atoms with van der Waals surface area (Å²) in [7, 11) is 2.00. The molecule has 1 rings (SSSR count). The van der Waals surface area contributed by atoms with E-state index in [1.165, 1.54) is 5.57 Å². The van der Waals surface area contributed by atoms with Crippen LogP contribution in [0.15, 0.2) is 11.8 Å². The molecule has 2 atom stereocenters. The van der Waals surface area contributed by atoms with E-state index in [1.807, 2.05) is 13.3 Å². The van der Waals surface area contributed by atoms with Gasteiger partial charge in [-0.2, -0.15) is 0 Å². The Balaban J connectivity index is 2.64. The quantitative estimate of drug-likeness (QED) is 0.725. The minimum absolute atomic E-state index is 0.271. The van der Waals surface area contributed by atoms with E-state index in [-0.39, 0.29) is 6.10 Å². The molecule has 1 aliphatic heterocycles. The van der Waals surface area contributed by atoms with Crippen LogP contribution in [0.5, 0.6) is 0 Å². The van der Waals surface area contributed by atoms with Gasteiger partial charge in [0.2, 0.25) is 0 Å². The van der Waals surface area contributed by atoms with E-state index in [0.717, 1.165) is 38.9 Å². The second-order valence-electron chi connectivity index (χ2n) is 4.22. The van der Waals surface area contributed by atoms with E-state index in [9.17, 15) is 0 Å². The molecule has 0 saturated heterocycles. The van der Waals surface area contributed by atoms with Crippen LogP contribution in [-0.2, 0) is 9.47 Å². The highest BCUT2D eigenvalue weighted by Crippen LogP contribution is 2.21. The van der Waals surface area contributed by atoms with Crippen molar-refractivity contribution in [3.63, 3.8) is 0 Å². The van der Waals surface area contributed by atoms with Crippen molar-refractivity contribution >= 4 is 0 Å². The number of hydrogen-bond donors (Lipinski definition) is 1. The number of hydrogen-bond acceptors (Lipinski definition) is 3. The first-order chi connectivity index (χ1) is 7.83. The molecule has 0 bridgehead atoms. The molecule has 0 fully saturated rings. The third-order valence-corrected chi connectivity index (χ3v) is 3.00. The largest absolute Gasteiger partial charge is 0.501 e. The van der Waals surface area contributed by atoms with Crippen molar-refractivity contribution in [2.75, 3.05) is 20.3 Å². The Morgan fingerprint density at radius 1 is 1.50 bits per heavy atom. The van der Waals surface area contributed by atoms with Gasteiger partial charge in [0.15, 0.2) is 0 Å². The number of ether oxygens (including phenoxy) is 2. The average Bonchev–Trinajstić information content (AvgIpc) is 2.32. The highest BCUT2D eigenvalue weighted by molar-refractivity contribution is 5.12. The lowest BCUT2D eigenvalue weighted by atomic mass is 9.95. The summed E-state index contributed by atoms with van der Waals surface area (Å²) in [4.78, 5) is 0. The van der Waals surface area contributed by atoms with Crippen molar-refractivity contribution in [2.24, 2.45) is 0 Å². The highest BCUT2D eigenvalue weighted by atomic mass is 16.5. The third-order valence-electron chi connectivity index (χ3n) is 3.00. The zero-order valence-corrected chi connectivity index (χ0v) is 10.8. The van der Waals surface area contributed by atoms with Crippen molar-refractivity contribution in [1.82, 2.24) is 5.32 Å². The van der Waals surface area contributed by atoms with Crippen molar-refractivity contribution in [2.45, 2.75) is 51.7 Å². The molecule has 3 nitrogen and oxygen atoms in total. The summed E-state index contributed by atoms with van der Waals surface area (Å²) in [6.07, 6.45) is 6.68. The molecule has 94 valence electrons. The molecule has 0 spiro atoms. The predicted octanol–water partition coefficient (Wildman–Crippen LogP) is 2.47. The summed E-state index contributed by atoms with van der Waals surface area (Å²) < 4.78 is 11.2. The van der Waals surface area contributed by atoms with Crippen molar-refractivity contribution in [1.29, 1.82) is 0 Å². The second kappa shape index (κ2) is 7.69. The van der Waals surface area contributed by atoms with E-state index in [1.54, 1.807) is 0 Å². The molecule has 0 saturated carbocycles. The summed E-state index contributed by atoms with van der Waals surface area (Å²) in [5, 5.41) is 3.37. The van der Waals surface area contributed by atoms with Crippen LogP contribution in [0, 0.1) is 0 Å². The van der Waals surface area contributed by atoms with Crippen molar-refractivity contribution < 1.29 is 9.47 Å². The zero-order valence-electron chi connectivity index (χ0n) is 10.8. The van der Waals surface area contributed by atoms with Gasteiger partial charge in [-0.1, -0.05) is 13.3 Å². The Labute approximate surface area is 99.2 Å². The lowest BCUT2D eigenvalue weighted by molar-refractivity contribution is 0.0356. The standard InChI is InChI=1S/C13H25NO2/c1-4-7-12(16-5-2)13(14-3)11-8-6-9-15-10-11/h10,12-14H,4-9H2,1-3H3. The molecule has 1 aliphatic rings. The third kappa shape index (κ3) is 3.80. The fourth-order valence-electron chi connectivity index (χ4n) is 2.27. The van der Waals surface area contributed by atoms with Gasteiger partial charge in [0.1, 0.15) is 0 Å². The van der Waals surface area contributed by atoms with Crippen LogP contribution in [-0.4, -0.2) is 32.4 Å². The van der Waals surface area contributed by atoms with Gasteiger partial charge in [0, 0.05) is 6.61 Å². The second-order valence-corrected chi connectivity index (χ2v) is 4.22. The maximum Gasteiger partial charge on any atom is 0.0876 e. The maximum absolute atomic E-state index is 5.83. The first-order valence-corrected chi connectivity index (χ1v) is 6.42. The molecule has 0 amide bonds. The summed E-state index contributed by atoms with van der Waals surface area (Å²) >= 11 is 0. The molecule has 16 heavy (non-hydrogen) atoms. The molecule has 0 radical (unpaired) electrons. The molecule has 0 aromatic rings. The summed E-state index contributed by atoms with van der Waals surface area (Å²) in [5.41, 5.74) is 1.35. The molecule has 1 N–H and O–H groups in total. The molecule has 0 aliphatic carbocycles. The van der Waals surface area contributed by atoms with Crippen LogP contribution in [0.25, 0.3) is 0 Å². The van der Waals surface area contributed by atoms with Crippen LogP contribution < -0.4 is 5.32 Å². The van der Waals surface area contributed by atoms with Gasteiger partial charge in [0.25, 0.3) is 0 Å². The predicted molar refractivity (Wildman–Crippen MR) is 66.4 cm³/mol. The van der Waals surface area contributed by atoms with Gasteiger partial charge in [-0.3, -0.25) is 0 Å². The number of rotatable bonds is 7. The van der Waals surface area contributed by atoms with Crippen LogP contribution in [0.3, 0.4) is 0 Å². The monoisotopic (exact) mass is 227 g/mol. The average molecular weight is 227 g/mol. The smallest absolute Gasteiger partial charge is 0.0876 e. The molecule has 3 heteroatoms. The van der Waals surface area contributed by atoms with Gasteiger partial charge >= 0.3 is 0 Å². The van der Waals surface area contributed by atoms with E-state index in [2.05, 4.69) is 19.2 Å². The minimum atomic E-state index is 0.271. The minimum Gasteiger partial charge on any atom is -0.501 e. The molecular weight excluding hydrogens is 202 g/mol. The normalized spacial score (nSPS) is 19.8. The van der Waals surface area contributed by atoms with Crippen molar-refractivity contribution in [3.8, 4) is 0 Å². The molecule has 1 heterocycles. The Morgan fingerprint density at radius 3 is 2.81 bits per heavy atom. The van der Waals surface area contributed by atoms with Crippen molar-refractivity contribution in [3.05, 3.63) is 11.8 Å². The number of nitrogens with one attached hydrogen (secondary N) is 1. The molecule has 2 unspecified atom stereocenters. The lowest BCUT2D eigenvalue weighted by Gasteiger charge is -2.30. The zero-order chi connectivity index (χ0) is 11.8.